The number of nitrogens with one attached hydrogen (secondary N) is 2. The van der Waals surface area contributed by atoms with Crippen LogP contribution < -0.4 is 0 Å². The molecule has 58 valence electrons. The van der Waals surface area contributed by atoms with Crippen LogP contribution in [0.1, 0.15) is 0 Å². The van der Waals surface area contributed by atoms with Gasteiger partial charge < -0.3 is 24.1 Å². The molecule has 0 aromatic carbocycles. The number of thioether (sulfide) groups is 1. The van der Waals surface area contributed by atoms with Crippen molar-refractivity contribution >= 4 is 24.4 Å². The molecule has 0 aliphatic carbocycles. The van der Waals surface area contributed by atoms with Crippen molar-refractivity contribution in [2.24, 2.45) is 0 Å². The number of hydrogen-bond acceptors (Lipinski definition) is 2. The maximum atomic E-state index is 6.26. The van der Waals surface area contributed by atoms with Crippen molar-refractivity contribution in [3.63, 3.8) is 0 Å². The first-order valence-corrected chi connectivity index (χ1v) is 4.46. The molecule has 0 radical (unpaired) electrons. The van der Waals surface area contributed by atoms with Gasteiger partial charge in [-0.05, 0) is 11.5 Å². The van der Waals surface area contributed by atoms with E-state index in [4.69, 9.17) is 24.1 Å². The Hall–Kier alpha value is 1.24. The predicted molar refractivity (Wildman–Crippen MR) is 46.9 cm³/mol. The van der Waals surface area contributed by atoms with Crippen molar-refractivity contribution in [2.75, 3.05) is 24.6 Å². The third kappa shape index (κ3) is 9.24. The molecular formula is C5H11N2S2Zn-3. The van der Waals surface area contributed by atoms with E-state index in [1.165, 1.54) is 11.5 Å². The molecule has 1 heterocycles. The van der Waals surface area contributed by atoms with Gasteiger partial charge >= 0.3 is 0 Å². The summed E-state index contributed by atoms with van der Waals surface area (Å²) in [5.74, 6) is 2.44. The van der Waals surface area contributed by atoms with Crippen molar-refractivity contribution in [3.8, 4) is 0 Å². The molecule has 0 bridgehead atoms. The van der Waals surface area contributed by atoms with E-state index in [0.717, 1.165) is 0 Å². The topological polar surface area (TPSA) is 47.6 Å². The predicted octanol–water partition coefficient (Wildman–Crippen LogP) is 1.74. The van der Waals surface area contributed by atoms with Crippen molar-refractivity contribution in [3.05, 3.63) is 11.5 Å². The van der Waals surface area contributed by atoms with Gasteiger partial charge in [0.05, 0.1) is 0 Å². The molecule has 0 unspecified atom stereocenters. The molecule has 1 saturated heterocycles. The van der Waals surface area contributed by atoms with Gasteiger partial charge in [-0.15, -0.1) is 5.25 Å². The molecule has 1 fully saturated rings. The molecule has 0 aromatic heterocycles. The van der Waals surface area contributed by atoms with Crippen LogP contribution in [0.2, 0.25) is 0 Å². The van der Waals surface area contributed by atoms with Crippen LogP contribution in [0.5, 0.6) is 0 Å². The van der Waals surface area contributed by atoms with Gasteiger partial charge in [-0.25, -0.2) is 0 Å². The summed E-state index contributed by atoms with van der Waals surface area (Å²) in [5.41, 5.74) is 12.5. The monoisotopic (exact) mass is 227 g/mol. The Bertz CT molecular complexity index is 59.6. The fourth-order valence-corrected chi connectivity index (χ4v) is 1.22. The molecular weight excluding hydrogens is 218 g/mol. The Kier molecular flexibility index (Phi) is 14.1. The second-order valence-corrected chi connectivity index (χ2v) is 3.40. The minimum Gasteiger partial charge on any atom is -0.788 e. The molecule has 1 aliphatic rings. The molecule has 0 saturated carbocycles. The molecule has 1 rings (SSSR count). The van der Waals surface area contributed by atoms with E-state index in [0.29, 0.717) is 5.25 Å². The first kappa shape index (κ1) is 13.8. The minimum atomic E-state index is 0. The number of rotatable bonds is 1. The Morgan fingerprint density at radius 1 is 1.30 bits per heavy atom. The average molecular weight is 229 g/mol. The summed E-state index contributed by atoms with van der Waals surface area (Å²) in [6, 6.07) is 0. The van der Waals surface area contributed by atoms with Crippen molar-refractivity contribution in [1.29, 1.82) is 0 Å². The van der Waals surface area contributed by atoms with Gasteiger partial charge in [-0.2, -0.15) is 24.9 Å². The fraction of sp³-hybridized carbons (Fsp3) is 1.00. The SMILES string of the molecule is [NH-]CC[NH-].[S-]C1CSC1.[Zn]. The zero-order valence-corrected chi connectivity index (χ0v) is 10.5. The van der Waals surface area contributed by atoms with Crippen LogP contribution in [-0.4, -0.2) is 29.8 Å². The Labute approximate surface area is 85.0 Å². The minimum absolute atomic E-state index is 0. The van der Waals surface area contributed by atoms with Gasteiger partial charge in [0.25, 0.3) is 0 Å². The molecule has 5 heteroatoms. The van der Waals surface area contributed by atoms with E-state index in [2.05, 4.69) is 0 Å². The molecule has 0 atom stereocenters. The fourth-order valence-electron chi connectivity index (χ4n) is 0.214. The Morgan fingerprint density at radius 2 is 1.60 bits per heavy atom. The summed E-state index contributed by atoms with van der Waals surface area (Å²) < 4.78 is 0. The first-order chi connectivity index (χ1) is 4.31. The number of hydrogen-bond donors (Lipinski definition) is 0. The zero-order chi connectivity index (χ0) is 7.11. The van der Waals surface area contributed by atoms with Crippen molar-refractivity contribution < 1.29 is 19.5 Å². The third-order valence-electron chi connectivity index (χ3n) is 0.732. The van der Waals surface area contributed by atoms with E-state index >= 15 is 0 Å². The van der Waals surface area contributed by atoms with Crippen LogP contribution in [0.4, 0.5) is 0 Å². The molecule has 1 aliphatic heterocycles. The molecule has 0 spiro atoms. The van der Waals surface area contributed by atoms with Gasteiger partial charge in [0, 0.05) is 19.5 Å². The summed E-state index contributed by atoms with van der Waals surface area (Å²) in [6.07, 6.45) is 0. The quantitative estimate of drug-likeness (QED) is 0.507. The van der Waals surface area contributed by atoms with Crippen molar-refractivity contribution in [2.45, 2.75) is 5.25 Å². The van der Waals surface area contributed by atoms with Gasteiger partial charge in [0.1, 0.15) is 0 Å². The molecule has 0 aromatic rings. The van der Waals surface area contributed by atoms with Gasteiger partial charge in [0.15, 0.2) is 0 Å². The van der Waals surface area contributed by atoms with Crippen LogP contribution >= 0.6 is 11.8 Å². The Morgan fingerprint density at radius 3 is 1.60 bits per heavy atom. The standard InChI is InChI=1S/C3H6S2.C2H6N2.Zn/c4-3-1-5-2-3;3-1-2-4;/h3-4H,1-2H2;3-4H,1-2H2;/q;-2;/p-1. The largest absolute Gasteiger partial charge is 0.788 e. The maximum absolute atomic E-state index is 6.26. The summed E-state index contributed by atoms with van der Waals surface area (Å²) >= 11 is 6.79. The Balaban J connectivity index is 0. The van der Waals surface area contributed by atoms with Crippen LogP contribution in [0.15, 0.2) is 0 Å². The van der Waals surface area contributed by atoms with Crippen LogP contribution in [-0.2, 0) is 32.1 Å². The van der Waals surface area contributed by atoms with Gasteiger partial charge in [0.2, 0.25) is 0 Å². The summed E-state index contributed by atoms with van der Waals surface area (Å²) in [4.78, 5) is 0. The third-order valence-corrected chi connectivity index (χ3v) is 2.76. The summed E-state index contributed by atoms with van der Waals surface area (Å²) in [6.45, 7) is 0.472. The van der Waals surface area contributed by atoms with Crippen molar-refractivity contribution in [1.82, 2.24) is 0 Å². The molecule has 10 heavy (non-hydrogen) atoms. The average Bonchev–Trinajstić information content (AvgIpc) is 1.84. The van der Waals surface area contributed by atoms with Crippen LogP contribution in [0, 0.1) is 0 Å². The van der Waals surface area contributed by atoms with Crippen LogP contribution in [0.25, 0.3) is 11.5 Å². The van der Waals surface area contributed by atoms with E-state index in [-0.39, 0.29) is 32.6 Å². The normalized spacial score (nSPS) is 15.9. The second kappa shape index (κ2) is 10.2. The van der Waals surface area contributed by atoms with E-state index in [1.807, 2.05) is 11.8 Å². The van der Waals surface area contributed by atoms with E-state index in [9.17, 15) is 0 Å². The van der Waals surface area contributed by atoms with Gasteiger partial charge in [-0.1, -0.05) is 0 Å². The molecule has 2 N–H and O–H groups in total. The smallest absolute Gasteiger partial charge is 0 e. The van der Waals surface area contributed by atoms with E-state index < -0.39 is 0 Å². The maximum Gasteiger partial charge on any atom is 0 e. The molecule has 2 nitrogen and oxygen atoms in total. The second-order valence-electron chi connectivity index (χ2n) is 1.66. The molecule has 0 amide bonds. The van der Waals surface area contributed by atoms with E-state index in [1.54, 1.807) is 0 Å². The summed E-state index contributed by atoms with van der Waals surface area (Å²) in [5, 5.41) is 0.611. The van der Waals surface area contributed by atoms with Gasteiger partial charge in [-0.3, -0.25) is 0 Å². The summed E-state index contributed by atoms with van der Waals surface area (Å²) in [7, 11) is 0. The first-order valence-electron chi connectivity index (χ1n) is 2.84. The zero-order valence-electron chi connectivity index (χ0n) is 5.93. The van der Waals surface area contributed by atoms with Crippen LogP contribution in [0.3, 0.4) is 0 Å².